The Balaban J connectivity index is 2.23. The van der Waals surface area contributed by atoms with Gasteiger partial charge in [-0.3, -0.25) is 9.78 Å². The van der Waals surface area contributed by atoms with Crippen molar-refractivity contribution < 1.29 is 9.53 Å². The summed E-state index contributed by atoms with van der Waals surface area (Å²) >= 11 is 1.32. The maximum absolute atomic E-state index is 12.7. The van der Waals surface area contributed by atoms with Gasteiger partial charge in [0.15, 0.2) is 0 Å². The molecule has 1 aromatic carbocycles. The lowest BCUT2D eigenvalue weighted by Crippen LogP contribution is -2.33. The summed E-state index contributed by atoms with van der Waals surface area (Å²) in [7, 11) is 0. The van der Waals surface area contributed by atoms with E-state index in [1.165, 1.54) is 17.4 Å². The van der Waals surface area contributed by atoms with E-state index < -0.39 is 17.2 Å². The Morgan fingerprint density at radius 1 is 1.35 bits per heavy atom. The molecular formula is C16H14N2O4S. The molecule has 0 atom stereocenters. The SMILES string of the molecule is CCOC(=O)c1cccc(-n2c(=O)[nH]c3scc(C)c3c2=O)c1. The van der Waals surface area contributed by atoms with Crippen LogP contribution >= 0.6 is 11.3 Å². The second-order valence-electron chi connectivity index (χ2n) is 4.96. The number of rotatable bonds is 3. The van der Waals surface area contributed by atoms with Gasteiger partial charge in [-0.1, -0.05) is 6.07 Å². The Morgan fingerprint density at radius 3 is 2.87 bits per heavy atom. The number of carbonyl (C=O) groups is 1. The Labute approximate surface area is 135 Å². The number of fused-ring (bicyclic) bond motifs is 1. The van der Waals surface area contributed by atoms with Gasteiger partial charge in [-0.15, -0.1) is 11.3 Å². The smallest absolute Gasteiger partial charge is 0.338 e. The van der Waals surface area contributed by atoms with Crippen molar-refractivity contribution in [1.29, 1.82) is 0 Å². The van der Waals surface area contributed by atoms with Crippen LogP contribution in [0.2, 0.25) is 0 Å². The monoisotopic (exact) mass is 330 g/mol. The largest absolute Gasteiger partial charge is 0.462 e. The molecule has 0 aliphatic heterocycles. The molecule has 0 saturated heterocycles. The van der Waals surface area contributed by atoms with Gasteiger partial charge in [-0.2, -0.15) is 0 Å². The molecule has 3 rings (SSSR count). The van der Waals surface area contributed by atoms with Crippen LogP contribution in [0.25, 0.3) is 15.9 Å². The molecular weight excluding hydrogens is 316 g/mol. The fourth-order valence-corrected chi connectivity index (χ4v) is 3.30. The van der Waals surface area contributed by atoms with Crippen LogP contribution in [-0.4, -0.2) is 22.1 Å². The van der Waals surface area contributed by atoms with Gasteiger partial charge in [0.25, 0.3) is 5.56 Å². The third-order valence-corrected chi connectivity index (χ3v) is 4.44. The van der Waals surface area contributed by atoms with Gasteiger partial charge >= 0.3 is 11.7 Å². The minimum atomic E-state index is -0.537. The number of hydrogen-bond acceptors (Lipinski definition) is 5. The zero-order valence-electron chi connectivity index (χ0n) is 12.6. The second kappa shape index (κ2) is 5.85. The van der Waals surface area contributed by atoms with Crippen molar-refractivity contribution in [3.05, 3.63) is 61.6 Å². The van der Waals surface area contributed by atoms with Gasteiger partial charge in [-0.05, 0) is 43.0 Å². The van der Waals surface area contributed by atoms with E-state index in [9.17, 15) is 14.4 Å². The van der Waals surface area contributed by atoms with Crippen LogP contribution in [-0.2, 0) is 4.74 Å². The number of hydrogen-bond donors (Lipinski definition) is 1. The first-order valence-corrected chi connectivity index (χ1v) is 7.91. The molecule has 3 aromatic rings. The lowest BCUT2D eigenvalue weighted by atomic mass is 10.2. The fraction of sp³-hybridized carbons (Fsp3) is 0.188. The van der Waals surface area contributed by atoms with Crippen molar-refractivity contribution in [2.24, 2.45) is 0 Å². The maximum Gasteiger partial charge on any atom is 0.338 e. The highest BCUT2D eigenvalue weighted by Gasteiger charge is 2.14. The molecule has 0 unspecified atom stereocenters. The van der Waals surface area contributed by atoms with Crippen LogP contribution < -0.4 is 11.2 Å². The number of nitrogens with one attached hydrogen (secondary N) is 1. The molecule has 1 N–H and O–H groups in total. The molecule has 0 aliphatic rings. The zero-order chi connectivity index (χ0) is 16.6. The Kier molecular flexibility index (Phi) is 3.87. The summed E-state index contributed by atoms with van der Waals surface area (Å²) in [5.41, 5.74) is 0.488. The second-order valence-corrected chi connectivity index (χ2v) is 5.84. The van der Waals surface area contributed by atoms with Gasteiger partial charge in [0.2, 0.25) is 0 Å². The highest BCUT2D eigenvalue weighted by molar-refractivity contribution is 7.16. The number of esters is 1. The van der Waals surface area contributed by atoms with Crippen molar-refractivity contribution in [1.82, 2.24) is 9.55 Å². The van der Waals surface area contributed by atoms with Gasteiger partial charge in [0, 0.05) is 0 Å². The highest BCUT2D eigenvalue weighted by Crippen LogP contribution is 2.19. The maximum atomic E-state index is 12.7. The first-order chi connectivity index (χ1) is 11.0. The first-order valence-electron chi connectivity index (χ1n) is 7.03. The van der Waals surface area contributed by atoms with E-state index in [0.717, 1.165) is 10.1 Å². The Bertz CT molecular complexity index is 1010. The predicted molar refractivity (Wildman–Crippen MR) is 88.7 cm³/mol. The molecule has 0 fully saturated rings. The molecule has 0 bridgehead atoms. The van der Waals surface area contributed by atoms with E-state index in [2.05, 4.69) is 4.98 Å². The van der Waals surface area contributed by atoms with Crippen LogP contribution in [0.3, 0.4) is 0 Å². The topological polar surface area (TPSA) is 81.2 Å². The number of aromatic amines is 1. The molecule has 2 aromatic heterocycles. The van der Waals surface area contributed by atoms with Crippen molar-refractivity contribution >= 4 is 27.5 Å². The summed E-state index contributed by atoms with van der Waals surface area (Å²) in [6, 6.07) is 6.27. The Hall–Kier alpha value is -2.67. The number of carbonyl (C=O) groups excluding carboxylic acids is 1. The van der Waals surface area contributed by atoms with Crippen LogP contribution in [0.1, 0.15) is 22.8 Å². The first kappa shape index (κ1) is 15.2. The minimum Gasteiger partial charge on any atom is -0.462 e. The number of H-pyrrole nitrogens is 1. The number of benzene rings is 1. The summed E-state index contributed by atoms with van der Waals surface area (Å²) in [6.45, 7) is 3.78. The van der Waals surface area contributed by atoms with Gasteiger partial charge in [0.05, 0.1) is 23.2 Å². The number of nitrogens with zero attached hydrogens (tertiary/aromatic N) is 1. The normalized spacial score (nSPS) is 10.9. The summed E-state index contributed by atoms with van der Waals surface area (Å²) in [6.07, 6.45) is 0. The Morgan fingerprint density at radius 2 is 2.13 bits per heavy atom. The number of thiophene rings is 1. The molecule has 0 spiro atoms. The van der Waals surface area contributed by atoms with Crippen molar-refractivity contribution in [3.8, 4) is 5.69 Å². The third-order valence-electron chi connectivity index (χ3n) is 3.43. The molecule has 2 heterocycles. The van der Waals surface area contributed by atoms with Crippen molar-refractivity contribution in [2.75, 3.05) is 6.61 Å². The third kappa shape index (κ3) is 2.59. The van der Waals surface area contributed by atoms with E-state index in [-0.39, 0.29) is 12.2 Å². The van der Waals surface area contributed by atoms with Crippen molar-refractivity contribution in [3.63, 3.8) is 0 Å². The van der Waals surface area contributed by atoms with Gasteiger partial charge in [-0.25, -0.2) is 14.2 Å². The average Bonchev–Trinajstić information content (AvgIpc) is 2.89. The molecule has 0 saturated carbocycles. The summed E-state index contributed by atoms with van der Waals surface area (Å²) in [5.74, 6) is -0.494. The van der Waals surface area contributed by atoms with E-state index in [1.54, 1.807) is 25.1 Å². The number of aryl methyl sites for hydroxylation is 1. The predicted octanol–water partition coefficient (Wildman–Crippen LogP) is 2.23. The molecule has 6 nitrogen and oxygen atoms in total. The van der Waals surface area contributed by atoms with Crippen LogP contribution in [0.15, 0.2) is 39.2 Å². The zero-order valence-corrected chi connectivity index (χ0v) is 13.4. The summed E-state index contributed by atoms with van der Waals surface area (Å²) in [5, 5.41) is 2.30. The number of ether oxygens (including phenoxy) is 1. The van der Waals surface area contributed by atoms with E-state index in [1.807, 2.05) is 12.3 Å². The van der Waals surface area contributed by atoms with E-state index in [0.29, 0.717) is 15.9 Å². The van der Waals surface area contributed by atoms with Crippen molar-refractivity contribution in [2.45, 2.75) is 13.8 Å². The fourth-order valence-electron chi connectivity index (χ4n) is 2.38. The molecule has 0 aliphatic carbocycles. The average molecular weight is 330 g/mol. The quantitative estimate of drug-likeness (QED) is 0.747. The minimum absolute atomic E-state index is 0.254. The van der Waals surface area contributed by atoms with Gasteiger partial charge < -0.3 is 4.74 Å². The molecule has 118 valence electrons. The van der Waals surface area contributed by atoms with Crippen LogP contribution in [0, 0.1) is 6.92 Å². The van der Waals surface area contributed by atoms with Crippen LogP contribution in [0.5, 0.6) is 0 Å². The standard InChI is InChI=1S/C16H14N2O4S/c1-3-22-15(20)10-5-4-6-11(7-10)18-14(19)12-9(2)8-23-13(12)17-16(18)21/h4-8H,3H2,1-2H3,(H,17,21). The van der Waals surface area contributed by atoms with E-state index >= 15 is 0 Å². The van der Waals surface area contributed by atoms with Crippen LogP contribution in [0.4, 0.5) is 0 Å². The molecule has 0 amide bonds. The van der Waals surface area contributed by atoms with Gasteiger partial charge in [0.1, 0.15) is 4.83 Å². The summed E-state index contributed by atoms with van der Waals surface area (Å²) < 4.78 is 5.98. The molecule has 0 radical (unpaired) electrons. The molecule has 7 heteroatoms. The van der Waals surface area contributed by atoms with E-state index in [4.69, 9.17) is 4.74 Å². The molecule has 23 heavy (non-hydrogen) atoms. The highest BCUT2D eigenvalue weighted by atomic mass is 32.1. The lowest BCUT2D eigenvalue weighted by Gasteiger charge is -2.07. The summed E-state index contributed by atoms with van der Waals surface area (Å²) in [4.78, 5) is 40.0. The lowest BCUT2D eigenvalue weighted by molar-refractivity contribution is 0.0526. The number of aromatic nitrogens is 2.